The molecular formula is C7H8N2O3. The van der Waals surface area contributed by atoms with Crippen molar-refractivity contribution in [3.8, 4) is 0 Å². The van der Waals surface area contributed by atoms with Gasteiger partial charge in [0, 0.05) is 6.54 Å². The van der Waals surface area contributed by atoms with Crippen LogP contribution in [0, 0.1) is 0 Å². The number of nitrogens with zero attached hydrogens (tertiary/aromatic N) is 1. The zero-order valence-corrected chi connectivity index (χ0v) is 6.37. The van der Waals surface area contributed by atoms with E-state index in [1.807, 2.05) is 5.32 Å². The lowest BCUT2D eigenvalue weighted by Gasteiger charge is -2.07. The molecule has 4 amide bonds. The SMILES string of the molecule is C=CCCN1C(=O)NC(=O)C1=O. The van der Waals surface area contributed by atoms with Gasteiger partial charge in [-0.15, -0.1) is 6.58 Å². The Morgan fingerprint density at radius 1 is 1.42 bits per heavy atom. The highest BCUT2D eigenvalue weighted by molar-refractivity contribution is 6.44. The molecule has 5 heteroatoms. The quantitative estimate of drug-likeness (QED) is 0.355. The summed E-state index contributed by atoms with van der Waals surface area (Å²) in [7, 11) is 0. The zero-order chi connectivity index (χ0) is 9.14. The van der Waals surface area contributed by atoms with Gasteiger partial charge in [-0.25, -0.2) is 4.79 Å². The van der Waals surface area contributed by atoms with Crippen LogP contribution in [0.2, 0.25) is 0 Å². The summed E-state index contributed by atoms with van der Waals surface area (Å²) in [6.07, 6.45) is 2.07. The molecule has 0 bridgehead atoms. The molecule has 0 atom stereocenters. The van der Waals surface area contributed by atoms with Crippen molar-refractivity contribution in [2.45, 2.75) is 6.42 Å². The van der Waals surface area contributed by atoms with Gasteiger partial charge < -0.3 is 0 Å². The first-order chi connectivity index (χ1) is 5.66. The van der Waals surface area contributed by atoms with E-state index in [4.69, 9.17) is 0 Å². The molecule has 0 unspecified atom stereocenters. The zero-order valence-electron chi connectivity index (χ0n) is 6.37. The van der Waals surface area contributed by atoms with E-state index in [1.165, 1.54) is 0 Å². The molecule has 5 nitrogen and oxygen atoms in total. The number of rotatable bonds is 3. The number of nitrogens with one attached hydrogen (secondary N) is 1. The van der Waals surface area contributed by atoms with Gasteiger partial charge in [0.25, 0.3) is 0 Å². The molecule has 0 aromatic heterocycles. The van der Waals surface area contributed by atoms with E-state index in [2.05, 4.69) is 6.58 Å². The molecule has 0 aromatic carbocycles. The first-order valence-electron chi connectivity index (χ1n) is 3.44. The Hall–Kier alpha value is -1.65. The minimum atomic E-state index is -0.857. The van der Waals surface area contributed by atoms with Crippen LogP contribution in [-0.4, -0.2) is 29.3 Å². The van der Waals surface area contributed by atoms with Gasteiger partial charge in [0.05, 0.1) is 0 Å². The number of imide groups is 2. The average molecular weight is 168 g/mol. The summed E-state index contributed by atoms with van der Waals surface area (Å²) >= 11 is 0. The molecule has 0 saturated carbocycles. The van der Waals surface area contributed by atoms with E-state index in [1.54, 1.807) is 6.08 Å². The van der Waals surface area contributed by atoms with Crippen molar-refractivity contribution < 1.29 is 14.4 Å². The van der Waals surface area contributed by atoms with Crippen molar-refractivity contribution in [3.63, 3.8) is 0 Å². The van der Waals surface area contributed by atoms with Gasteiger partial charge in [-0.3, -0.25) is 19.8 Å². The summed E-state index contributed by atoms with van der Waals surface area (Å²) in [5.41, 5.74) is 0. The van der Waals surface area contributed by atoms with E-state index >= 15 is 0 Å². The van der Waals surface area contributed by atoms with Crippen LogP contribution in [0.25, 0.3) is 0 Å². The molecular weight excluding hydrogens is 160 g/mol. The van der Waals surface area contributed by atoms with Gasteiger partial charge in [0.2, 0.25) is 0 Å². The third kappa shape index (κ3) is 1.34. The van der Waals surface area contributed by atoms with Crippen molar-refractivity contribution in [2.24, 2.45) is 0 Å². The van der Waals surface area contributed by atoms with Crippen molar-refractivity contribution >= 4 is 17.8 Å². The van der Waals surface area contributed by atoms with E-state index in [0.29, 0.717) is 6.42 Å². The summed E-state index contributed by atoms with van der Waals surface area (Å²) in [5, 5.41) is 1.89. The standard InChI is InChI=1S/C7H8N2O3/c1-2-3-4-9-6(11)5(10)8-7(9)12/h2H,1,3-4H2,(H,8,10,12). The fourth-order valence-corrected chi connectivity index (χ4v) is 0.856. The molecule has 1 heterocycles. The van der Waals surface area contributed by atoms with Crippen LogP contribution in [0.3, 0.4) is 0 Å². The fraction of sp³-hybridized carbons (Fsp3) is 0.286. The van der Waals surface area contributed by atoms with Crippen LogP contribution >= 0.6 is 0 Å². The Morgan fingerprint density at radius 3 is 2.50 bits per heavy atom. The van der Waals surface area contributed by atoms with Crippen molar-refractivity contribution in [2.75, 3.05) is 6.54 Å². The fourth-order valence-electron chi connectivity index (χ4n) is 0.856. The number of carbonyl (C=O) groups excluding carboxylic acids is 3. The van der Waals surface area contributed by atoms with Crippen LogP contribution in [0.15, 0.2) is 12.7 Å². The number of hydrogen-bond acceptors (Lipinski definition) is 3. The molecule has 0 spiro atoms. The number of carbonyl (C=O) groups is 3. The van der Waals surface area contributed by atoms with E-state index < -0.39 is 17.8 Å². The third-order valence-corrected chi connectivity index (χ3v) is 1.46. The van der Waals surface area contributed by atoms with Gasteiger partial charge in [-0.2, -0.15) is 0 Å². The van der Waals surface area contributed by atoms with E-state index in [9.17, 15) is 14.4 Å². The monoisotopic (exact) mass is 168 g/mol. The highest BCUT2D eigenvalue weighted by atomic mass is 16.2. The molecule has 64 valence electrons. The van der Waals surface area contributed by atoms with Crippen LogP contribution in [0.1, 0.15) is 6.42 Å². The third-order valence-electron chi connectivity index (χ3n) is 1.46. The molecule has 1 aliphatic heterocycles. The second kappa shape index (κ2) is 3.17. The van der Waals surface area contributed by atoms with Crippen molar-refractivity contribution in [1.29, 1.82) is 0 Å². The van der Waals surface area contributed by atoms with Gasteiger partial charge >= 0.3 is 17.8 Å². The summed E-state index contributed by atoms with van der Waals surface area (Å²) in [5.74, 6) is -1.65. The molecule has 1 fully saturated rings. The maximum Gasteiger partial charge on any atom is 0.331 e. The summed E-state index contributed by atoms with van der Waals surface area (Å²) in [4.78, 5) is 33.2. The van der Waals surface area contributed by atoms with Crippen LogP contribution < -0.4 is 5.32 Å². The molecule has 0 aliphatic carbocycles. The highest BCUT2D eigenvalue weighted by Gasteiger charge is 2.35. The Kier molecular flexibility index (Phi) is 2.23. The predicted octanol–water partition coefficient (Wildman–Crippen LogP) is -0.359. The smallest absolute Gasteiger partial charge is 0.269 e. The second-order valence-electron chi connectivity index (χ2n) is 2.29. The molecule has 0 aromatic rings. The van der Waals surface area contributed by atoms with Crippen LogP contribution in [-0.2, 0) is 9.59 Å². The van der Waals surface area contributed by atoms with Gasteiger partial charge in [-0.05, 0) is 6.42 Å². The van der Waals surface area contributed by atoms with E-state index in [0.717, 1.165) is 4.90 Å². The number of hydrogen-bond donors (Lipinski definition) is 1. The molecule has 1 N–H and O–H groups in total. The second-order valence-corrected chi connectivity index (χ2v) is 2.29. The topological polar surface area (TPSA) is 66.5 Å². The Morgan fingerprint density at radius 2 is 2.08 bits per heavy atom. The maximum atomic E-state index is 10.9. The molecule has 1 rings (SSSR count). The van der Waals surface area contributed by atoms with Gasteiger partial charge in [0.15, 0.2) is 0 Å². The lowest BCUT2D eigenvalue weighted by molar-refractivity contribution is -0.140. The lowest BCUT2D eigenvalue weighted by Crippen LogP contribution is -2.31. The normalized spacial score (nSPS) is 16.7. The Balaban J connectivity index is 2.63. The summed E-state index contributed by atoms with van der Waals surface area (Å²) in [6.45, 7) is 3.64. The minimum Gasteiger partial charge on any atom is -0.269 e. The van der Waals surface area contributed by atoms with Gasteiger partial charge in [0.1, 0.15) is 0 Å². The molecule has 1 saturated heterocycles. The van der Waals surface area contributed by atoms with Crippen LogP contribution in [0.5, 0.6) is 0 Å². The van der Waals surface area contributed by atoms with Crippen molar-refractivity contribution in [3.05, 3.63) is 12.7 Å². The van der Waals surface area contributed by atoms with Crippen LogP contribution in [0.4, 0.5) is 4.79 Å². The first-order valence-corrected chi connectivity index (χ1v) is 3.44. The maximum absolute atomic E-state index is 10.9. The highest BCUT2D eigenvalue weighted by Crippen LogP contribution is 2.01. The molecule has 0 radical (unpaired) electrons. The Labute approximate surface area is 69.0 Å². The average Bonchev–Trinajstić information content (AvgIpc) is 2.25. The van der Waals surface area contributed by atoms with Gasteiger partial charge in [-0.1, -0.05) is 6.08 Å². The Bertz CT molecular complexity index is 259. The van der Waals surface area contributed by atoms with E-state index in [-0.39, 0.29) is 6.54 Å². The summed E-state index contributed by atoms with van der Waals surface area (Å²) in [6, 6.07) is -0.646. The minimum absolute atomic E-state index is 0.208. The van der Waals surface area contributed by atoms with Crippen molar-refractivity contribution in [1.82, 2.24) is 10.2 Å². The summed E-state index contributed by atoms with van der Waals surface area (Å²) < 4.78 is 0. The number of amides is 4. The largest absolute Gasteiger partial charge is 0.331 e. The number of urea groups is 1. The molecule has 1 aliphatic rings. The first kappa shape index (κ1) is 8.45. The molecule has 12 heavy (non-hydrogen) atoms. The predicted molar refractivity (Wildman–Crippen MR) is 40.1 cm³/mol. The lowest BCUT2D eigenvalue weighted by atomic mass is 10.4.